The number of hydrogen-bond acceptors (Lipinski definition) is 7. The molecule has 2 N–H and O–H groups in total. The number of benzene rings is 3. The minimum Gasteiger partial charge on any atom is -0.461 e. The second kappa shape index (κ2) is 13.8. The summed E-state index contributed by atoms with van der Waals surface area (Å²) >= 11 is 12.8. The summed E-state index contributed by atoms with van der Waals surface area (Å²) in [6.45, 7) is 7.08. The highest BCUT2D eigenvalue weighted by molar-refractivity contribution is 7.90. The van der Waals surface area contributed by atoms with Gasteiger partial charge in [-0.25, -0.2) is 22.0 Å². The summed E-state index contributed by atoms with van der Waals surface area (Å²) in [5, 5.41) is 5.77. The number of anilines is 1. The molecule has 3 aromatic carbocycles. The fourth-order valence-corrected chi connectivity index (χ4v) is 6.49. The van der Waals surface area contributed by atoms with Gasteiger partial charge in [0.05, 0.1) is 22.0 Å². The first-order valence-corrected chi connectivity index (χ1v) is 16.0. The maximum atomic E-state index is 13.9. The van der Waals surface area contributed by atoms with Gasteiger partial charge in [-0.3, -0.25) is 4.79 Å². The molecule has 1 aromatic heterocycles. The molecule has 0 aliphatic heterocycles. The number of amides is 2. The fraction of sp³-hybridized carbons (Fsp3) is 0.219. The Morgan fingerprint density at radius 1 is 0.978 bits per heavy atom. The van der Waals surface area contributed by atoms with Gasteiger partial charge in [-0.1, -0.05) is 53.5 Å². The molecule has 4 aromatic rings. The molecule has 2 amide bonds. The number of fused-ring (bicyclic) bond motifs is 1. The molecule has 0 saturated carbocycles. The van der Waals surface area contributed by atoms with Crippen molar-refractivity contribution >= 4 is 73.9 Å². The molecule has 0 aliphatic carbocycles. The molecule has 0 atom stereocenters. The Morgan fingerprint density at radius 2 is 1.64 bits per heavy atom. The fourth-order valence-electron chi connectivity index (χ4n) is 4.37. The summed E-state index contributed by atoms with van der Waals surface area (Å²) in [5.41, 5.74) is 0.361. The van der Waals surface area contributed by atoms with Crippen molar-refractivity contribution in [3.8, 4) is 0 Å². The number of hydrogen-bond donors (Lipinski definition) is 2. The zero-order valence-corrected chi connectivity index (χ0v) is 27.2. The van der Waals surface area contributed by atoms with Crippen molar-refractivity contribution in [3.63, 3.8) is 0 Å². The lowest BCUT2D eigenvalue weighted by Crippen LogP contribution is -2.32. The number of nitrogens with one attached hydrogen (secondary N) is 2. The largest absolute Gasteiger partial charge is 0.461 e. The number of nitrogens with zero attached hydrogens (tertiary/aromatic N) is 1. The van der Waals surface area contributed by atoms with Gasteiger partial charge in [-0.15, -0.1) is 0 Å². The van der Waals surface area contributed by atoms with Gasteiger partial charge < -0.3 is 20.1 Å². The van der Waals surface area contributed by atoms with Crippen molar-refractivity contribution in [3.05, 3.63) is 99.7 Å². The lowest BCUT2D eigenvalue weighted by atomic mass is 10.1. The van der Waals surface area contributed by atoms with E-state index in [0.29, 0.717) is 5.69 Å². The molecule has 10 nitrogen and oxygen atoms in total. The predicted molar refractivity (Wildman–Crippen MR) is 174 cm³/mol. The summed E-state index contributed by atoms with van der Waals surface area (Å²) in [7, 11) is -4.35. The lowest BCUT2D eigenvalue weighted by molar-refractivity contribution is -0.111. The van der Waals surface area contributed by atoms with Crippen molar-refractivity contribution in [2.45, 2.75) is 44.7 Å². The number of ether oxygens (including phenoxy) is 2. The first-order valence-electron chi connectivity index (χ1n) is 13.8. The van der Waals surface area contributed by atoms with Crippen LogP contribution in [0.15, 0.2) is 77.7 Å². The Balaban J connectivity index is 1.67. The van der Waals surface area contributed by atoms with Crippen LogP contribution in [0.3, 0.4) is 0 Å². The molecule has 0 fully saturated rings. The molecular weight excluding hydrogens is 641 g/mol. The normalized spacial score (nSPS) is 11.9. The molecule has 4 rings (SSSR count). The number of aromatic nitrogens is 1. The molecule has 13 heteroatoms. The van der Waals surface area contributed by atoms with Crippen LogP contribution < -0.4 is 10.6 Å². The van der Waals surface area contributed by atoms with Gasteiger partial charge in [0.1, 0.15) is 5.60 Å². The molecule has 0 bridgehead atoms. The summed E-state index contributed by atoms with van der Waals surface area (Å²) in [6.07, 6.45) is 1.91. The van der Waals surface area contributed by atoms with E-state index < -0.39 is 33.6 Å². The molecule has 0 saturated heterocycles. The van der Waals surface area contributed by atoms with Crippen LogP contribution in [0.1, 0.15) is 49.3 Å². The van der Waals surface area contributed by atoms with Gasteiger partial charge in [0, 0.05) is 34.3 Å². The highest BCUT2D eigenvalue weighted by atomic mass is 35.5. The second-order valence-electron chi connectivity index (χ2n) is 10.7. The summed E-state index contributed by atoms with van der Waals surface area (Å²) in [5.74, 6) is -1.50. The minimum absolute atomic E-state index is 0.0346. The number of carbonyl (C=O) groups excluding carboxylic acids is 3. The van der Waals surface area contributed by atoms with E-state index in [1.807, 2.05) is 0 Å². The Labute approximate surface area is 271 Å². The van der Waals surface area contributed by atoms with Crippen LogP contribution in [-0.4, -0.2) is 42.6 Å². The highest BCUT2D eigenvalue weighted by Gasteiger charge is 2.32. The quantitative estimate of drug-likeness (QED) is 0.144. The Hall–Kier alpha value is -4.32. The molecule has 1 heterocycles. The van der Waals surface area contributed by atoms with E-state index in [4.69, 9.17) is 32.7 Å². The van der Waals surface area contributed by atoms with Gasteiger partial charge in [0.25, 0.3) is 10.0 Å². The van der Waals surface area contributed by atoms with Crippen molar-refractivity contribution in [1.82, 2.24) is 9.29 Å². The number of halogens is 2. The van der Waals surface area contributed by atoms with Gasteiger partial charge in [-0.2, -0.15) is 0 Å². The molecule has 45 heavy (non-hydrogen) atoms. The number of carbonyl (C=O) groups is 3. The van der Waals surface area contributed by atoms with Gasteiger partial charge in [-0.05, 0) is 75.7 Å². The first-order chi connectivity index (χ1) is 21.2. The van der Waals surface area contributed by atoms with Crippen LogP contribution in [0, 0.1) is 0 Å². The maximum Gasteiger partial charge on any atom is 0.407 e. The van der Waals surface area contributed by atoms with Crippen molar-refractivity contribution in [2.24, 2.45) is 0 Å². The minimum atomic E-state index is -4.35. The van der Waals surface area contributed by atoms with E-state index in [1.165, 1.54) is 30.3 Å². The third-order valence-corrected chi connectivity index (χ3v) is 8.43. The predicted octanol–water partition coefficient (Wildman–Crippen LogP) is 7.04. The van der Waals surface area contributed by atoms with Crippen LogP contribution in [-0.2, 0) is 30.8 Å². The monoisotopic (exact) mass is 671 g/mol. The topological polar surface area (TPSA) is 133 Å². The molecule has 236 valence electrons. The average Bonchev–Trinajstić information content (AvgIpc) is 3.30. The second-order valence-corrected chi connectivity index (χ2v) is 13.4. The van der Waals surface area contributed by atoms with Crippen LogP contribution in [0.4, 0.5) is 10.5 Å². The molecule has 0 unspecified atom stereocenters. The van der Waals surface area contributed by atoms with E-state index in [9.17, 15) is 22.8 Å². The van der Waals surface area contributed by atoms with Crippen LogP contribution in [0.5, 0.6) is 0 Å². The van der Waals surface area contributed by atoms with Crippen LogP contribution in [0.2, 0.25) is 10.0 Å². The average molecular weight is 673 g/mol. The smallest absolute Gasteiger partial charge is 0.407 e. The standard InChI is InChI=1S/C32H31Cl2N3O7S/c1-5-43-30(39)29-24(15-16-27(38)36-22-13-11-20(12-14-22)19-35-31(40)44-32(2,3)4)28-25(34)17-21(33)18-26(28)37(29)45(41,42)23-9-7-6-8-10-23/h6-18H,5,19H2,1-4H3,(H,35,40)(H,36,38)/b16-15+. The van der Waals surface area contributed by atoms with Crippen LogP contribution >= 0.6 is 23.2 Å². The van der Waals surface area contributed by atoms with E-state index in [2.05, 4.69) is 10.6 Å². The van der Waals surface area contributed by atoms with E-state index in [0.717, 1.165) is 15.6 Å². The molecule has 0 aliphatic rings. The zero-order valence-electron chi connectivity index (χ0n) is 24.9. The third-order valence-electron chi connectivity index (χ3n) is 6.19. The third kappa shape index (κ3) is 8.05. The van der Waals surface area contributed by atoms with E-state index in [-0.39, 0.29) is 50.3 Å². The van der Waals surface area contributed by atoms with Crippen molar-refractivity contribution in [1.29, 1.82) is 0 Å². The highest BCUT2D eigenvalue weighted by Crippen LogP contribution is 2.38. The van der Waals surface area contributed by atoms with Crippen molar-refractivity contribution in [2.75, 3.05) is 11.9 Å². The first kappa shape index (κ1) is 33.6. The molecule has 0 radical (unpaired) electrons. The summed E-state index contributed by atoms with van der Waals surface area (Å²) in [6, 6.07) is 17.1. The SMILES string of the molecule is CCOC(=O)c1c(/C=C/C(=O)Nc2ccc(CNC(=O)OC(C)(C)C)cc2)c2c(Cl)cc(Cl)cc2n1S(=O)(=O)c1ccccc1. The maximum absolute atomic E-state index is 13.9. The zero-order chi connectivity index (χ0) is 32.9. The Kier molecular flexibility index (Phi) is 10.3. The number of rotatable bonds is 9. The molecule has 0 spiro atoms. The number of esters is 1. The van der Waals surface area contributed by atoms with Gasteiger partial charge in [0.2, 0.25) is 5.91 Å². The summed E-state index contributed by atoms with van der Waals surface area (Å²) in [4.78, 5) is 38.1. The lowest BCUT2D eigenvalue weighted by Gasteiger charge is -2.19. The van der Waals surface area contributed by atoms with Crippen LogP contribution in [0.25, 0.3) is 17.0 Å². The van der Waals surface area contributed by atoms with Gasteiger partial charge >= 0.3 is 12.1 Å². The Morgan fingerprint density at radius 3 is 2.27 bits per heavy atom. The van der Waals surface area contributed by atoms with E-state index in [1.54, 1.807) is 70.2 Å². The van der Waals surface area contributed by atoms with Crippen molar-refractivity contribution < 1.29 is 32.3 Å². The van der Waals surface area contributed by atoms with Gasteiger partial charge in [0.15, 0.2) is 5.69 Å². The number of alkyl carbamates (subject to hydrolysis) is 1. The molecular formula is C32H31Cl2N3O7S. The Bertz CT molecular complexity index is 1880. The summed E-state index contributed by atoms with van der Waals surface area (Å²) < 4.78 is 39.1. The van der Waals surface area contributed by atoms with E-state index >= 15 is 0 Å².